The van der Waals surface area contributed by atoms with E-state index in [1.807, 2.05) is 31.2 Å². The van der Waals surface area contributed by atoms with Crippen molar-refractivity contribution in [3.63, 3.8) is 0 Å². The Balaban J connectivity index is 2.18. The molecule has 0 fully saturated rings. The van der Waals surface area contributed by atoms with Gasteiger partial charge in [0.25, 0.3) is 5.91 Å². The first-order valence-electron chi connectivity index (χ1n) is 7.17. The van der Waals surface area contributed by atoms with Gasteiger partial charge in [-0.15, -0.1) is 0 Å². The fourth-order valence-corrected chi connectivity index (χ4v) is 2.34. The van der Waals surface area contributed by atoms with E-state index in [0.29, 0.717) is 5.76 Å². The molecule has 1 amide bonds. The molecule has 0 spiro atoms. The number of benzene rings is 1. The second kappa shape index (κ2) is 7.60. The monoisotopic (exact) mass is 317 g/mol. The van der Waals surface area contributed by atoms with E-state index in [-0.39, 0.29) is 18.8 Å². The first-order chi connectivity index (χ1) is 11.0. The second-order valence-electron chi connectivity index (χ2n) is 5.18. The van der Waals surface area contributed by atoms with Gasteiger partial charge in [0.15, 0.2) is 5.76 Å². The van der Waals surface area contributed by atoms with E-state index < -0.39 is 17.9 Å². The maximum Gasteiger partial charge on any atom is 0.305 e. The molecule has 0 bridgehead atoms. The van der Waals surface area contributed by atoms with E-state index in [0.717, 1.165) is 11.1 Å². The molecule has 1 unspecified atom stereocenters. The predicted molar refractivity (Wildman–Crippen MR) is 83.1 cm³/mol. The van der Waals surface area contributed by atoms with Crippen LogP contribution in [0.4, 0.5) is 0 Å². The number of furan rings is 1. The summed E-state index contributed by atoms with van der Waals surface area (Å²) in [6.45, 7) is 2.14. The van der Waals surface area contributed by atoms with Crippen LogP contribution in [-0.2, 0) is 16.1 Å². The van der Waals surface area contributed by atoms with Crippen LogP contribution in [0.15, 0.2) is 40.8 Å². The molecular weight excluding hydrogens is 298 g/mol. The van der Waals surface area contributed by atoms with Crippen molar-refractivity contribution in [3.05, 3.63) is 59.0 Å². The lowest BCUT2D eigenvalue weighted by molar-refractivity contribution is -0.137. The van der Waals surface area contributed by atoms with Crippen molar-refractivity contribution in [1.82, 2.24) is 5.32 Å². The van der Waals surface area contributed by atoms with Crippen molar-refractivity contribution in [2.75, 3.05) is 7.11 Å². The number of aryl methyl sites for hydroxylation is 1. The zero-order valence-corrected chi connectivity index (χ0v) is 13.0. The Morgan fingerprint density at radius 1 is 1.26 bits per heavy atom. The number of rotatable bonds is 7. The SMILES string of the molecule is COCc1ccc(C(=O)NC(CC(=O)O)c2ccccc2C)o1. The average molecular weight is 317 g/mol. The zero-order chi connectivity index (χ0) is 16.8. The van der Waals surface area contributed by atoms with E-state index in [2.05, 4.69) is 5.32 Å². The maximum atomic E-state index is 12.3. The van der Waals surface area contributed by atoms with Gasteiger partial charge in [0, 0.05) is 7.11 Å². The standard InChI is InChI=1S/C17H19NO5/c1-11-5-3-4-6-13(11)14(9-16(19)20)18-17(21)15-8-7-12(23-15)10-22-2/h3-8,14H,9-10H2,1-2H3,(H,18,21)(H,19,20). The largest absolute Gasteiger partial charge is 0.481 e. The second-order valence-corrected chi connectivity index (χ2v) is 5.18. The molecule has 2 N–H and O–H groups in total. The van der Waals surface area contributed by atoms with Crippen molar-refractivity contribution in [2.45, 2.75) is 26.0 Å². The smallest absolute Gasteiger partial charge is 0.305 e. The molecule has 122 valence electrons. The highest BCUT2D eigenvalue weighted by atomic mass is 16.5. The van der Waals surface area contributed by atoms with Crippen LogP contribution >= 0.6 is 0 Å². The molecule has 1 heterocycles. The number of carboxylic acid groups (broad SMARTS) is 1. The molecular formula is C17H19NO5. The first kappa shape index (κ1) is 16.8. The van der Waals surface area contributed by atoms with Gasteiger partial charge in [0.1, 0.15) is 12.4 Å². The highest BCUT2D eigenvalue weighted by molar-refractivity contribution is 5.92. The van der Waals surface area contributed by atoms with Crippen LogP contribution in [0.2, 0.25) is 0 Å². The van der Waals surface area contributed by atoms with E-state index in [1.54, 1.807) is 12.1 Å². The summed E-state index contributed by atoms with van der Waals surface area (Å²) in [5, 5.41) is 11.8. The zero-order valence-electron chi connectivity index (χ0n) is 13.0. The van der Waals surface area contributed by atoms with Gasteiger partial charge in [-0.3, -0.25) is 9.59 Å². The normalized spacial score (nSPS) is 11.9. The molecule has 1 aromatic carbocycles. The van der Waals surface area contributed by atoms with Gasteiger partial charge >= 0.3 is 5.97 Å². The first-order valence-corrected chi connectivity index (χ1v) is 7.17. The molecule has 0 aliphatic heterocycles. The van der Waals surface area contributed by atoms with Crippen LogP contribution in [0.1, 0.15) is 39.9 Å². The fraction of sp³-hybridized carbons (Fsp3) is 0.294. The minimum absolute atomic E-state index is 0.126. The number of amides is 1. The molecule has 2 aromatic rings. The third-order valence-electron chi connectivity index (χ3n) is 3.42. The predicted octanol–water partition coefficient (Wildman–Crippen LogP) is 2.68. The number of hydrogen-bond acceptors (Lipinski definition) is 4. The minimum Gasteiger partial charge on any atom is -0.481 e. The molecule has 2 rings (SSSR count). The summed E-state index contributed by atoms with van der Waals surface area (Å²) in [5.41, 5.74) is 1.69. The summed E-state index contributed by atoms with van der Waals surface area (Å²) in [6, 6.07) is 9.92. The highest BCUT2D eigenvalue weighted by Crippen LogP contribution is 2.21. The lowest BCUT2D eigenvalue weighted by Gasteiger charge is -2.18. The Morgan fingerprint density at radius 2 is 2.00 bits per heavy atom. The number of carbonyl (C=O) groups is 2. The van der Waals surface area contributed by atoms with E-state index in [9.17, 15) is 9.59 Å². The summed E-state index contributed by atoms with van der Waals surface area (Å²) < 4.78 is 10.3. The van der Waals surface area contributed by atoms with Crippen LogP contribution in [-0.4, -0.2) is 24.1 Å². The molecule has 1 atom stereocenters. The van der Waals surface area contributed by atoms with Crippen molar-refractivity contribution >= 4 is 11.9 Å². The fourth-order valence-electron chi connectivity index (χ4n) is 2.34. The van der Waals surface area contributed by atoms with Crippen molar-refractivity contribution < 1.29 is 23.8 Å². The van der Waals surface area contributed by atoms with Crippen LogP contribution in [0.5, 0.6) is 0 Å². The van der Waals surface area contributed by atoms with Crippen LogP contribution in [0.3, 0.4) is 0 Å². The van der Waals surface area contributed by atoms with Gasteiger partial charge in [-0.2, -0.15) is 0 Å². The molecule has 0 saturated heterocycles. The number of nitrogens with one attached hydrogen (secondary N) is 1. The molecule has 0 radical (unpaired) electrons. The lowest BCUT2D eigenvalue weighted by atomic mass is 9.98. The minimum atomic E-state index is -0.988. The molecule has 6 heteroatoms. The average Bonchev–Trinajstić information content (AvgIpc) is 2.96. The van der Waals surface area contributed by atoms with Crippen molar-refractivity contribution in [2.24, 2.45) is 0 Å². The summed E-state index contributed by atoms with van der Waals surface area (Å²) in [5.74, 6) is -0.788. The Hall–Kier alpha value is -2.60. The van der Waals surface area contributed by atoms with Crippen LogP contribution in [0, 0.1) is 6.92 Å². The quantitative estimate of drug-likeness (QED) is 0.819. The van der Waals surface area contributed by atoms with Crippen LogP contribution in [0.25, 0.3) is 0 Å². The maximum absolute atomic E-state index is 12.3. The molecule has 6 nitrogen and oxygen atoms in total. The summed E-state index contributed by atoms with van der Waals surface area (Å²) in [6.07, 6.45) is -0.206. The molecule has 0 aliphatic rings. The summed E-state index contributed by atoms with van der Waals surface area (Å²) in [7, 11) is 1.53. The lowest BCUT2D eigenvalue weighted by Crippen LogP contribution is -2.30. The number of ether oxygens (including phenoxy) is 1. The van der Waals surface area contributed by atoms with E-state index in [1.165, 1.54) is 7.11 Å². The Kier molecular flexibility index (Phi) is 5.54. The van der Waals surface area contributed by atoms with Gasteiger partial charge in [-0.1, -0.05) is 24.3 Å². The van der Waals surface area contributed by atoms with E-state index in [4.69, 9.17) is 14.3 Å². The van der Waals surface area contributed by atoms with Crippen molar-refractivity contribution in [3.8, 4) is 0 Å². The van der Waals surface area contributed by atoms with Gasteiger partial charge in [-0.25, -0.2) is 0 Å². The number of methoxy groups -OCH3 is 1. The highest BCUT2D eigenvalue weighted by Gasteiger charge is 2.21. The summed E-state index contributed by atoms with van der Waals surface area (Å²) >= 11 is 0. The number of hydrogen-bond donors (Lipinski definition) is 2. The molecule has 0 saturated carbocycles. The molecule has 23 heavy (non-hydrogen) atoms. The molecule has 0 aliphatic carbocycles. The Bertz CT molecular complexity index is 692. The third kappa shape index (κ3) is 4.43. The topological polar surface area (TPSA) is 88.8 Å². The van der Waals surface area contributed by atoms with Crippen LogP contribution < -0.4 is 5.32 Å². The molecule has 1 aromatic heterocycles. The van der Waals surface area contributed by atoms with E-state index >= 15 is 0 Å². The van der Waals surface area contributed by atoms with Gasteiger partial charge < -0.3 is 19.6 Å². The van der Waals surface area contributed by atoms with Gasteiger partial charge in [0.05, 0.1) is 12.5 Å². The third-order valence-corrected chi connectivity index (χ3v) is 3.42. The number of aliphatic carboxylic acids is 1. The van der Waals surface area contributed by atoms with Crippen molar-refractivity contribution in [1.29, 1.82) is 0 Å². The Morgan fingerprint density at radius 3 is 2.65 bits per heavy atom. The Labute approximate surface area is 134 Å². The summed E-state index contributed by atoms with van der Waals surface area (Å²) in [4.78, 5) is 23.4. The number of carbonyl (C=O) groups excluding carboxylic acids is 1. The van der Waals surface area contributed by atoms with Gasteiger partial charge in [-0.05, 0) is 30.2 Å². The number of carboxylic acids is 1. The van der Waals surface area contributed by atoms with Gasteiger partial charge in [0.2, 0.25) is 0 Å².